The van der Waals surface area contributed by atoms with Gasteiger partial charge in [-0.15, -0.1) is 0 Å². The Morgan fingerprint density at radius 2 is 2.28 bits per heavy atom. The summed E-state index contributed by atoms with van der Waals surface area (Å²) in [5.41, 5.74) is -0.649. The molecule has 2 N–H and O–H groups in total. The molecule has 0 saturated carbocycles. The summed E-state index contributed by atoms with van der Waals surface area (Å²) in [5, 5.41) is 18.1. The quantitative estimate of drug-likeness (QED) is 0.780. The average molecular weight is 254 g/mol. The molecule has 0 bridgehead atoms. The predicted octanol–water partition coefficient (Wildman–Crippen LogP) is 1.45. The van der Waals surface area contributed by atoms with Crippen LogP contribution in [0.25, 0.3) is 0 Å². The third kappa shape index (κ3) is 2.00. The molecule has 1 aromatic carbocycles. The lowest BCUT2D eigenvalue weighted by molar-refractivity contribution is -0.168. The average Bonchev–Trinajstić information content (AvgIpc) is 2.72. The Morgan fingerprint density at radius 1 is 1.50 bits per heavy atom. The molecule has 0 aromatic heterocycles. The molecule has 0 heterocycles. The number of carboxylic acid groups (broad SMARTS) is 1. The van der Waals surface area contributed by atoms with Gasteiger partial charge in [-0.1, -0.05) is 12.1 Å². The van der Waals surface area contributed by atoms with Gasteiger partial charge in [0.2, 0.25) is 0 Å². The fourth-order valence-electron chi connectivity index (χ4n) is 2.37. The molecule has 4 nitrogen and oxygen atoms in total. The minimum atomic E-state index is -1.47. The second kappa shape index (κ2) is 5.04. The molecular formula is C13H15FO4. The highest BCUT2D eigenvalue weighted by atomic mass is 19.1. The summed E-state index contributed by atoms with van der Waals surface area (Å²) in [6.07, 6.45) is 0.942. The molecule has 2 rings (SSSR count). The third-order valence-corrected chi connectivity index (χ3v) is 3.28. The van der Waals surface area contributed by atoms with Gasteiger partial charge >= 0.3 is 5.97 Å². The van der Waals surface area contributed by atoms with Gasteiger partial charge in [0.25, 0.3) is 0 Å². The van der Waals surface area contributed by atoms with E-state index >= 15 is 0 Å². The number of ether oxygens (including phenoxy) is 1. The molecule has 1 aliphatic carbocycles. The minimum absolute atomic E-state index is 0.0638. The highest BCUT2D eigenvalue weighted by Gasteiger charge is 2.47. The second-order valence-electron chi connectivity index (χ2n) is 4.32. The van der Waals surface area contributed by atoms with Crippen LogP contribution in [-0.4, -0.2) is 29.4 Å². The van der Waals surface area contributed by atoms with Crippen molar-refractivity contribution in [2.24, 2.45) is 0 Å². The third-order valence-electron chi connectivity index (χ3n) is 3.28. The van der Waals surface area contributed by atoms with Gasteiger partial charge in [0.15, 0.2) is 5.60 Å². The molecule has 5 heteroatoms. The van der Waals surface area contributed by atoms with E-state index in [2.05, 4.69) is 0 Å². The summed E-state index contributed by atoms with van der Waals surface area (Å²) < 4.78 is 19.0. The molecule has 0 aliphatic heterocycles. The van der Waals surface area contributed by atoms with E-state index in [-0.39, 0.29) is 25.5 Å². The molecule has 1 atom stereocenters. The minimum Gasteiger partial charge on any atom is -0.479 e. The number of carboxylic acids is 1. The van der Waals surface area contributed by atoms with Crippen LogP contribution in [-0.2, 0) is 21.6 Å². The second-order valence-corrected chi connectivity index (χ2v) is 4.32. The van der Waals surface area contributed by atoms with Gasteiger partial charge in [-0.2, -0.15) is 0 Å². The van der Waals surface area contributed by atoms with Gasteiger partial charge in [-0.05, 0) is 30.9 Å². The van der Waals surface area contributed by atoms with Crippen molar-refractivity contribution >= 4 is 5.97 Å². The molecule has 0 saturated heterocycles. The van der Waals surface area contributed by atoms with Crippen LogP contribution in [0.4, 0.5) is 4.39 Å². The lowest BCUT2D eigenvalue weighted by Crippen LogP contribution is -2.37. The number of aliphatic carboxylic acids is 1. The zero-order valence-corrected chi connectivity index (χ0v) is 9.86. The number of rotatable bonds is 5. The van der Waals surface area contributed by atoms with Gasteiger partial charge in [-0.3, -0.25) is 0 Å². The maximum Gasteiger partial charge on any atom is 0.340 e. The molecule has 0 spiro atoms. The highest BCUT2D eigenvalue weighted by Crippen LogP contribution is 2.41. The molecule has 98 valence electrons. The lowest BCUT2D eigenvalue weighted by atomic mass is 9.95. The largest absolute Gasteiger partial charge is 0.479 e. The van der Waals surface area contributed by atoms with E-state index in [1.807, 2.05) is 0 Å². The fraction of sp³-hybridized carbons (Fsp3) is 0.462. The molecular weight excluding hydrogens is 239 g/mol. The van der Waals surface area contributed by atoms with Crippen LogP contribution < -0.4 is 0 Å². The molecule has 0 radical (unpaired) electrons. The van der Waals surface area contributed by atoms with Crippen LogP contribution in [0.2, 0.25) is 0 Å². The van der Waals surface area contributed by atoms with Crippen LogP contribution >= 0.6 is 0 Å². The summed E-state index contributed by atoms with van der Waals surface area (Å²) in [7, 11) is 0. The fourth-order valence-corrected chi connectivity index (χ4v) is 2.37. The van der Waals surface area contributed by atoms with Crippen LogP contribution in [0.3, 0.4) is 0 Å². The molecule has 1 aromatic rings. The summed E-state index contributed by atoms with van der Waals surface area (Å²) in [6, 6.07) is 4.41. The van der Waals surface area contributed by atoms with Gasteiger partial charge in [0, 0.05) is 12.2 Å². The number of carbonyl (C=O) groups is 1. The zero-order chi connectivity index (χ0) is 13.2. The Bertz CT molecular complexity index is 460. The Hall–Kier alpha value is -1.46. The number of aliphatic hydroxyl groups excluding tert-OH is 1. The first-order valence-corrected chi connectivity index (χ1v) is 5.88. The molecule has 0 amide bonds. The zero-order valence-electron chi connectivity index (χ0n) is 9.86. The van der Waals surface area contributed by atoms with E-state index in [4.69, 9.17) is 9.84 Å². The number of aliphatic hydroxyl groups is 1. The smallest absolute Gasteiger partial charge is 0.340 e. The van der Waals surface area contributed by atoms with E-state index in [0.717, 1.165) is 0 Å². The van der Waals surface area contributed by atoms with Crippen LogP contribution in [0.1, 0.15) is 24.0 Å². The van der Waals surface area contributed by atoms with Crippen molar-refractivity contribution in [3.8, 4) is 0 Å². The van der Waals surface area contributed by atoms with Crippen molar-refractivity contribution in [3.05, 3.63) is 35.1 Å². The maximum atomic E-state index is 13.6. The molecule has 0 fully saturated rings. The Kier molecular flexibility index (Phi) is 3.63. The first kappa shape index (κ1) is 13.0. The van der Waals surface area contributed by atoms with Crippen LogP contribution in [0, 0.1) is 5.82 Å². The van der Waals surface area contributed by atoms with Gasteiger partial charge in [-0.25, -0.2) is 9.18 Å². The Balaban J connectivity index is 2.35. The monoisotopic (exact) mass is 254 g/mol. The Morgan fingerprint density at radius 3 is 2.94 bits per heavy atom. The first-order chi connectivity index (χ1) is 8.62. The van der Waals surface area contributed by atoms with Gasteiger partial charge in [0.1, 0.15) is 5.82 Å². The van der Waals surface area contributed by atoms with E-state index in [9.17, 15) is 14.3 Å². The van der Waals surface area contributed by atoms with Crippen molar-refractivity contribution in [2.75, 3.05) is 13.2 Å². The van der Waals surface area contributed by atoms with Crippen molar-refractivity contribution in [1.82, 2.24) is 0 Å². The van der Waals surface area contributed by atoms with Crippen LogP contribution in [0.15, 0.2) is 18.2 Å². The van der Waals surface area contributed by atoms with E-state index in [1.54, 1.807) is 6.07 Å². The summed E-state index contributed by atoms with van der Waals surface area (Å²) >= 11 is 0. The van der Waals surface area contributed by atoms with Crippen molar-refractivity contribution < 1.29 is 24.1 Å². The van der Waals surface area contributed by atoms with Gasteiger partial charge in [0.05, 0.1) is 6.61 Å². The van der Waals surface area contributed by atoms with Crippen molar-refractivity contribution in [2.45, 2.75) is 24.9 Å². The van der Waals surface area contributed by atoms with Crippen LogP contribution in [0.5, 0.6) is 0 Å². The normalized spacial score (nSPS) is 21.9. The molecule has 1 aliphatic rings. The Labute approximate surface area is 104 Å². The summed E-state index contributed by atoms with van der Waals surface area (Å²) in [4.78, 5) is 11.5. The predicted molar refractivity (Wildman–Crippen MR) is 61.7 cm³/mol. The highest BCUT2D eigenvalue weighted by molar-refractivity contribution is 5.81. The number of hydrogen-bond acceptors (Lipinski definition) is 3. The van der Waals surface area contributed by atoms with Crippen molar-refractivity contribution in [3.63, 3.8) is 0 Å². The number of benzene rings is 1. The number of halogens is 1. The summed E-state index contributed by atoms with van der Waals surface area (Å²) in [6.45, 7) is 0.0739. The number of hydrogen-bond donors (Lipinski definition) is 2. The summed E-state index contributed by atoms with van der Waals surface area (Å²) in [5.74, 6) is -1.49. The maximum absolute atomic E-state index is 13.6. The SMILES string of the molecule is O=C(O)C1(OCCCO)CCc2c(F)cccc21. The standard InChI is InChI=1S/C13H15FO4/c14-11-4-1-3-10-9(11)5-6-13(10,12(16)17)18-8-2-7-15/h1,3-4,15H,2,5-8H2,(H,16,17). The van der Waals surface area contributed by atoms with Gasteiger partial charge < -0.3 is 14.9 Å². The topological polar surface area (TPSA) is 66.8 Å². The lowest BCUT2D eigenvalue weighted by Gasteiger charge is -2.26. The molecule has 1 unspecified atom stereocenters. The van der Waals surface area contributed by atoms with E-state index in [1.165, 1.54) is 12.1 Å². The first-order valence-electron chi connectivity index (χ1n) is 5.88. The van der Waals surface area contributed by atoms with Crippen molar-refractivity contribution in [1.29, 1.82) is 0 Å². The molecule has 18 heavy (non-hydrogen) atoms. The van der Waals surface area contributed by atoms with E-state index < -0.39 is 11.6 Å². The van der Waals surface area contributed by atoms with E-state index in [0.29, 0.717) is 24.0 Å². The number of fused-ring (bicyclic) bond motifs is 1.